The largest absolute Gasteiger partial charge is 0.423 e. The van der Waals surface area contributed by atoms with Gasteiger partial charge < -0.3 is 9.73 Å². The highest BCUT2D eigenvalue weighted by molar-refractivity contribution is 6.00. The van der Waals surface area contributed by atoms with Gasteiger partial charge in [-0.2, -0.15) is 0 Å². The van der Waals surface area contributed by atoms with Crippen LogP contribution in [0.1, 0.15) is 15.9 Å². The molecular formula is C18H15NO3. The Balaban J connectivity index is 2.30. The van der Waals surface area contributed by atoms with Crippen molar-refractivity contribution in [3.05, 3.63) is 70.1 Å². The first-order valence-corrected chi connectivity index (χ1v) is 6.96. The highest BCUT2D eigenvalue weighted by Gasteiger charge is 2.12. The van der Waals surface area contributed by atoms with E-state index in [0.29, 0.717) is 11.1 Å². The van der Waals surface area contributed by atoms with Gasteiger partial charge in [-0.05, 0) is 36.2 Å². The van der Waals surface area contributed by atoms with E-state index in [1.165, 1.54) is 6.07 Å². The fourth-order valence-electron chi connectivity index (χ4n) is 2.55. The van der Waals surface area contributed by atoms with Crippen molar-refractivity contribution < 1.29 is 9.21 Å². The van der Waals surface area contributed by atoms with Gasteiger partial charge in [0.2, 0.25) is 0 Å². The number of carbonyl (C=O) groups excluding carboxylic acids is 1. The van der Waals surface area contributed by atoms with Crippen LogP contribution >= 0.6 is 0 Å². The van der Waals surface area contributed by atoms with Crippen LogP contribution in [0.15, 0.2) is 57.7 Å². The summed E-state index contributed by atoms with van der Waals surface area (Å²) < 4.78 is 5.26. The fourth-order valence-corrected chi connectivity index (χ4v) is 2.55. The van der Waals surface area contributed by atoms with E-state index < -0.39 is 5.63 Å². The van der Waals surface area contributed by atoms with Crippen LogP contribution in [0.25, 0.3) is 22.1 Å². The fraction of sp³-hybridized carbons (Fsp3) is 0.111. The van der Waals surface area contributed by atoms with Gasteiger partial charge in [-0.25, -0.2) is 4.79 Å². The Kier molecular flexibility index (Phi) is 3.51. The molecule has 0 unspecified atom stereocenters. The number of rotatable bonds is 2. The molecule has 0 saturated carbocycles. The monoisotopic (exact) mass is 293 g/mol. The zero-order valence-electron chi connectivity index (χ0n) is 12.3. The Hall–Kier alpha value is -2.88. The number of hydrogen-bond acceptors (Lipinski definition) is 3. The van der Waals surface area contributed by atoms with Crippen molar-refractivity contribution in [2.75, 3.05) is 7.05 Å². The molecular weight excluding hydrogens is 278 g/mol. The average Bonchev–Trinajstić information content (AvgIpc) is 2.53. The molecule has 1 aromatic heterocycles. The van der Waals surface area contributed by atoms with Crippen LogP contribution in [-0.2, 0) is 0 Å². The lowest BCUT2D eigenvalue weighted by Gasteiger charge is -2.09. The van der Waals surface area contributed by atoms with Crippen molar-refractivity contribution in [3.63, 3.8) is 0 Å². The molecule has 0 saturated heterocycles. The van der Waals surface area contributed by atoms with Gasteiger partial charge in [0, 0.05) is 29.6 Å². The maximum atomic E-state index is 11.9. The van der Waals surface area contributed by atoms with Crippen molar-refractivity contribution in [2.45, 2.75) is 6.92 Å². The zero-order valence-corrected chi connectivity index (χ0v) is 12.3. The Morgan fingerprint density at radius 2 is 1.82 bits per heavy atom. The van der Waals surface area contributed by atoms with Gasteiger partial charge in [0.15, 0.2) is 0 Å². The second kappa shape index (κ2) is 5.48. The van der Waals surface area contributed by atoms with Gasteiger partial charge in [-0.3, -0.25) is 4.79 Å². The Labute approximate surface area is 127 Å². The van der Waals surface area contributed by atoms with Gasteiger partial charge >= 0.3 is 5.63 Å². The van der Waals surface area contributed by atoms with Crippen LogP contribution in [0.2, 0.25) is 0 Å². The zero-order chi connectivity index (χ0) is 15.7. The lowest BCUT2D eigenvalue weighted by molar-refractivity contribution is 0.0963. The summed E-state index contributed by atoms with van der Waals surface area (Å²) in [7, 11) is 1.56. The minimum absolute atomic E-state index is 0.217. The van der Waals surface area contributed by atoms with E-state index >= 15 is 0 Å². The molecule has 1 N–H and O–H groups in total. The van der Waals surface area contributed by atoms with Crippen LogP contribution in [0.5, 0.6) is 0 Å². The lowest BCUT2D eigenvalue weighted by Crippen LogP contribution is -2.17. The molecule has 0 aliphatic rings. The van der Waals surface area contributed by atoms with Gasteiger partial charge in [-0.15, -0.1) is 0 Å². The number of amides is 1. The molecule has 0 bridgehead atoms. The Morgan fingerprint density at radius 1 is 1.05 bits per heavy atom. The standard InChI is InChI=1S/C18H15NO3/c1-11-5-3-4-6-13(11)15-10-17(20)22-16-9-12(18(21)19-2)7-8-14(15)16/h3-10H,1-2H3,(H,19,21). The average molecular weight is 293 g/mol. The smallest absolute Gasteiger partial charge is 0.336 e. The maximum absolute atomic E-state index is 11.9. The van der Waals surface area contributed by atoms with Crippen molar-refractivity contribution in [3.8, 4) is 11.1 Å². The molecule has 3 rings (SSSR count). The number of fused-ring (bicyclic) bond motifs is 1. The molecule has 0 aliphatic heterocycles. The summed E-state index contributed by atoms with van der Waals surface area (Å²) in [5, 5.41) is 3.36. The van der Waals surface area contributed by atoms with Crippen LogP contribution in [0.3, 0.4) is 0 Å². The number of aryl methyl sites for hydroxylation is 1. The first-order chi connectivity index (χ1) is 10.6. The molecule has 0 aliphatic carbocycles. The molecule has 0 fully saturated rings. The minimum atomic E-state index is -0.431. The van der Waals surface area contributed by atoms with E-state index in [2.05, 4.69) is 5.32 Å². The molecule has 3 aromatic rings. The number of carbonyl (C=O) groups is 1. The SMILES string of the molecule is CNC(=O)c1ccc2c(-c3ccccc3C)cc(=O)oc2c1. The van der Waals surface area contributed by atoms with Crippen LogP contribution in [0, 0.1) is 6.92 Å². The third kappa shape index (κ3) is 2.39. The highest BCUT2D eigenvalue weighted by atomic mass is 16.4. The Bertz CT molecular complexity index is 925. The van der Waals surface area contributed by atoms with Crippen molar-refractivity contribution in [1.82, 2.24) is 5.32 Å². The van der Waals surface area contributed by atoms with Crippen molar-refractivity contribution >= 4 is 16.9 Å². The summed E-state index contributed by atoms with van der Waals surface area (Å²) in [6.45, 7) is 1.99. The van der Waals surface area contributed by atoms with Crippen molar-refractivity contribution in [2.24, 2.45) is 0 Å². The topological polar surface area (TPSA) is 59.3 Å². The van der Waals surface area contributed by atoms with E-state index in [0.717, 1.165) is 22.1 Å². The second-order valence-electron chi connectivity index (χ2n) is 5.08. The highest BCUT2D eigenvalue weighted by Crippen LogP contribution is 2.29. The minimum Gasteiger partial charge on any atom is -0.423 e. The molecule has 0 spiro atoms. The van der Waals surface area contributed by atoms with E-state index in [1.807, 2.05) is 37.3 Å². The third-order valence-corrected chi connectivity index (χ3v) is 3.67. The molecule has 2 aromatic carbocycles. The van der Waals surface area contributed by atoms with Crippen LogP contribution in [-0.4, -0.2) is 13.0 Å². The normalized spacial score (nSPS) is 10.6. The van der Waals surface area contributed by atoms with Gasteiger partial charge in [-0.1, -0.05) is 24.3 Å². The van der Waals surface area contributed by atoms with Gasteiger partial charge in [0.05, 0.1) is 0 Å². The Morgan fingerprint density at radius 3 is 2.55 bits per heavy atom. The summed E-state index contributed by atoms with van der Waals surface area (Å²) in [5.41, 5.74) is 3.30. The predicted molar refractivity (Wildman–Crippen MR) is 86.0 cm³/mol. The first-order valence-electron chi connectivity index (χ1n) is 6.96. The molecule has 110 valence electrons. The summed E-state index contributed by atoms with van der Waals surface area (Å²) in [4.78, 5) is 23.6. The summed E-state index contributed by atoms with van der Waals surface area (Å²) in [6, 6.07) is 14.5. The first kappa shape index (κ1) is 14.1. The van der Waals surface area contributed by atoms with E-state index in [1.54, 1.807) is 19.2 Å². The molecule has 4 nitrogen and oxygen atoms in total. The molecule has 0 atom stereocenters. The van der Waals surface area contributed by atoms with Crippen LogP contribution < -0.4 is 10.9 Å². The van der Waals surface area contributed by atoms with Crippen LogP contribution in [0.4, 0.5) is 0 Å². The molecule has 1 heterocycles. The molecule has 1 amide bonds. The van der Waals surface area contributed by atoms with Crippen molar-refractivity contribution in [1.29, 1.82) is 0 Å². The van der Waals surface area contributed by atoms with Gasteiger partial charge in [0.25, 0.3) is 5.91 Å². The molecule has 4 heteroatoms. The maximum Gasteiger partial charge on any atom is 0.336 e. The summed E-state index contributed by atoms with van der Waals surface area (Å²) in [5.74, 6) is -0.217. The lowest BCUT2D eigenvalue weighted by atomic mass is 9.97. The van der Waals surface area contributed by atoms with Gasteiger partial charge in [0.1, 0.15) is 5.58 Å². The second-order valence-corrected chi connectivity index (χ2v) is 5.08. The van der Waals surface area contributed by atoms with E-state index in [9.17, 15) is 9.59 Å². The number of nitrogens with one attached hydrogen (secondary N) is 1. The predicted octanol–water partition coefficient (Wildman–Crippen LogP) is 3.13. The third-order valence-electron chi connectivity index (χ3n) is 3.67. The number of benzene rings is 2. The number of hydrogen-bond donors (Lipinski definition) is 1. The van der Waals surface area contributed by atoms with E-state index in [4.69, 9.17) is 4.42 Å². The quantitative estimate of drug-likeness (QED) is 0.738. The van der Waals surface area contributed by atoms with E-state index in [-0.39, 0.29) is 5.91 Å². The summed E-state index contributed by atoms with van der Waals surface area (Å²) >= 11 is 0. The summed E-state index contributed by atoms with van der Waals surface area (Å²) in [6.07, 6.45) is 0. The molecule has 0 radical (unpaired) electrons. The molecule has 22 heavy (non-hydrogen) atoms.